The lowest BCUT2D eigenvalue weighted by molar-refractivity contribution is -0.139. The summed E-state index contributed by atoms with van der Waals surface area (Å²) in [6, 6.07) is 16.2. The predicted octanol–water partition coefficient (Wildman–Crippen LogP) is 1.65. The van der Waals surface area contributed by atoms with E-state index in [1.807, 2.05) is 41.3 Å². The van der Waals surface area contributed by atoms with Crippen molar-refractivity contribution in [3.05, 3.63) is 71.8 Å². The molecule has 0 saturated carbocycles. The van der Waals surface area contributed by atoms with E-state index in [0.717, 1.165) is 17.8 Å². The van der Waals surface area contributed by atoms with Crippen LogP contribution >= 0.6 is 0 Å². The van der Waals surface area contributed by atoms with Gasteiger partial charge in [0, 0.05) is 25.1 Å². The summed E-state index contributed by atoms with van der Waals surface area (Å²) in [7, 11) is 0. The van der Waals surface area contributed by atoms with E-state index in [0.29, 0.717) is 32.7 Å². The van der Waals surface area contributed by atoms with E-state index in [1.54, 1.807) is 4.68 Å². The summed E-state index contributed by atoms with van der Waals surface area (Å²) in [5, 5.41) is 11.0. The van der Waals surface area contributed by atoms with Gasteiger partial charge in [-0.05, 0) is 28.1 Å². The molecule has 0 radical (unpaired) electrons. The molecular weight excluding hydrogens is 356 g/mol. The van der Waals surface area contributed by atoms with Crippen LogP contribution in [0.2, 0.25) is 0 Å². The monoisotopic (exact) mass is 378 g/mol. The van der Waals surface area contributed by atoms with Crippen molar-refractivity contribution in [2.45, 2.75) is 25.5 Å². The Kier molecular flexibility index (Phi) is 5.67. The minimum Gasteiger partial charge on any atom is -0.368 e. The normalized spacial score (nSPS) is 16.9. The largest absolute Gasteiger partial charge is 0.368 e. The first-order chi connectivity index (χ1) is 13.8. The highest BCUT2D eigenvalue weighted by molar-refractivity contribution is 5.76. The molecule has 144 valence electrons. The molecule has 0 aliphatic carbocycles. The van der Waals surface area contributed by atoms with Crippen molar-refractivity contribution in [3.63, 3.8) is 0 Å². The van der Waals surface area contributed by atoms with E-state index < -0.39 is 0 Å². The second-order valence-corrected chi connectivity index (χ2v) is 6.74. The number of carbonyl (C=O) groups is 1. The minimum absolute atomic E-state index is 0.0734. The van der Waals surface area contributed by atoms with Gasteiger partial charge < -0.3 is 9.64 Å². The molecule has 3 heterocycles. The molecule has 8 nitrogen and oxygen atoms in total. The highest BCUT2D eigenvalue weighted by Gasteiger charge is 2.26. The van der Waals surface area contributed by atoms with Crippen LogP contribution in [0, 0.1) is 0 Å². The van der Waals surface area contributed by atoms with Gasteiger partial charge in [-0.25, -0.2) is 4.68 Å². The van der Waals surface area contributed by atoms with Crippen molar-refractivity contribution >= 4 is 5.91 Å². The molecule has 28 heavy (non-hydrogen) atoms. The third-order valence-electron chi connectivity index (χ3n) is 4.75. The molecule has 4 rings (SSSR count). The van der Waals surface area contributed by atoms with Crippen LogP contribution in [0.15, 0.2) is 54.9 Å². The van der Waals surface area contributed by atoms with Crippen molar-refractivity contribution in [2.75, 3.05) is 19.7 Å². The molecule has 8 heteroatoms. The molecule has 1 fully saturated rings. The highest BCUT2D eigenvalue weighted by Crippen LogP contribution is 2.22. The van der Waals surface area contributed by atoms with Crippen LogP contribution in [0.25, 0.3) is 0 Å². The molecule has 0 unspecified atom stereocenters. The number of aromatic nitrogens is 5. The Morgan fingerprint density at radius 3 is 2.86 bits per heavy atom. The second-order valence-electron chi connectivity index (χ2n) is 6.74. The van der Waals surface area contributed by atoms with E-state index >= 15 is 0 Å². The molecule has 2 aromatic heterocycles. The van der Waals surface area contributed by atoms with Crippen molar-refractivity contribution in [3.8, 4) is 0 Å². The van der Waals surface area contributed by atoms with E-state index in [4.69, 9.17) is 9.72 Å². The standard InChI is InChI=1S/C20H22N6O2/c27-20(9-10-26-15-21-23-24-26)25-11-12-28-19(14-25)18-8-4-7-17(22-18)13-16-5-2-1-3-6-16/h1-8,15,19H,9-14H2/t19-/m0/s1. The maximum absolute atomic E-state index is 12.5. The smallest absolute Gasteiger partial charge is 0.224 e. The summed E-state index contributed by atoms with van der Waals surface area (Å²) in [5.74, 6) is 0.0734. The average molecular weight is 378 g/mol. The molecule has 1 aliphatic heterocycles. The third-order valence-corrected chi connectivity index (χ3v) is 4.75. The van der Waals surface area contributed by atoms with Gasteiger partial charge in [-0.1, -0.05) is 36.4 Å². The minimum atomic E-state index is -0.207. The second kappa shape index (κ2) is 8.71. The Bertz CT molecular complexity index is 900. The lowest BCUT2D eigenvalue weighted by atomic mass is 10.1. The van der Waals surface area contributed by atoms with Gasteiger partial charge in [0.15, 0.2) is 0 Å². The van der Waals surface area contributed by atoms with Crippen LogP contribution in [0.4, 0.5) is 0 Å². The highest BCUT2D eigenvalue weighted by atomic mass is 16.5. The Hall–Kier alpha value is -3.13. The van der Waals surface area contributed by atoms with Gasteiger partial charge in [0.25, 0.3) is 0 Å². The summed E-state index contributed by atoms with van der Waals surface area (Å²) in [6.45, 7) is 2.08. The Labute approximate surface area is 163 Å². The lowest BCUT2D eigenvalue weighted by Gasteiger charge is -2.33. The molecule has 3 aromatic rings. The Morgan fingerprint density at radius 2 is 2.04 bits per heavy atom. The molecule has 1 aromatic carbocycles. The van der Waals surface area contributed by atoms with E-state index in [1.165, 1.54) is 11.9 Å². The molecule has 0 N–H and O–H groups in total. The molecule has 1 amide bonds. The zero-order valence-electron chi connectivity index (χ0n) is 15.5. The Balaban J connectivity index is 1.38. The maximum Gasteiger partial charge on any atom is 0.224 e. The quantitative estimate of drug-likeness (QED) is 0.648. The van der Waals surface area contributed by atoms with Crippen molar-refractivity contribution in [1.82, 2.24) is 30.1 Å². The zero-order chi connectivity index (χ0) is 19.2. The van der Waals surface area contributed by atoms with Crippen LogP contribution in [0.1, 0.15) is 29.5 Å². The van der Waals surface area contributed by atoms with Gasteiger partial charge in [-0.3, -0.25) is 9.78 Å². The van der Waals surface area contributed by atoms with Crippen molar-refractivity contribution in [2.24, 2.45) is 0 Å². The number of tetrazole rings is 1. The lowest BCUT2D eigenvalue weighted by Crippen LogP contribution is -2.42. The summed E-state index contributed by atoms with van der Waals surface area (Å²) >= 11 is 0. The Morgan fingerprint density at radius 1 is 1.14 bits per heavy atom. The fourth-order valence-corrected chi connectivity index (χ4v) is 3.29. The summed E-state index contributed by atoms with van der Waals surface area (Å²) in [4.78, 5) is 19.2. The summed E-state index contributed by atoms with van der Waals surface area (Å²) in [6.07, 6.45) is 2.44. The average Bonchev–Trinajstić information content (AvgIpc) is 3.27. The number of benzene rings is 1. The van der Waals surface area contributed by atoms with Crippen LogP contribution in [0.5, 0.6) is 0 Å². The summed E-state index contributed by atoms with van der Waals surface area (Å²) in [5.41, 5.74) is 3.08. The molecule has 1 atom stereocenters. The zero-order valence-corrected chi connectivity index (χ0v) is 15.5. The van der Waals surface area contributed by atoms with Gasteiger partial charge in [-0.15, -0.1) is 5.10 Å². The van der Waals surface area contributed by atoms with Gasteiger partial charge >= 0.3 is 0 Å². The van der Waals surface area contributed by atoms with E-state index in [-0.39, 0.29) is 12.0 Å². The fourth-order valence-electron chi connectivity index (χ4n) is 3.29. The number of carbonyl (C=O) groups excluding carboxylic acids is 1. The van der Waals surface area contributed by atoms with Gasteiger partial charge in [0.2, 0.25) is 5.91 Å². The van der Waals surface area contributed by atoms with E-state index in [9.17, 15) is 4.79 Å². The molecule has 1 saturated heterocycles. The van der Waals surface area contributed by atoms with Crippen molar-refractivity contribution in [1.29, 1.82) is 0 Å². The van der Waals surface area contributed by atoms with Crippen LogP contribution in [-0.2, 0) is 22.5 Å². The van der Waals surface area contributed by atoms with Crippen LogP contribution in [0.3, 0.4) is 0 Å². The number of hydrogen-bond donors (Lipinski definition) is 0. The first-order valence-electron chi connectivity index (χ1n) is 9.38. The van der Waals surface area contributed by atoms with Gasteiger partial charge in [0.05, 0.1) is 25.4 Å². The number of aryl methyl sites for hydroxylation is 1. The number of rotatable bonds is 6. The number of ether oxygens (including phenoxy) is 1. The number of nitrogens with zero attached hydrogens (tertiary/aromatic N) is 6. The van der Waals surface area contributed by atoms with Gasteiger partial charge in [0.1, 0.15) is 12.4 Å². The maximum atomic E-state index is 12.5. The number of amides is 1. The third kappa shape index (κ3) is 4.58. The summed E-state index contributed by atoms with van der Waals surface area (Å²) < 4.78 is 7.47. The topological polar surface area (TPSA) is 86.0 Å². The van der Waals surface area contributed by atoms with Crippen LogP contribution < -0.4 is 0 Å². The van der Waals surface area contributed by atoms with Gasteiger partial charge in [-0.2, -0.15) is 0 Å². The van der Waals surface area contributed by atoms with Crippen LogP contribution in [-0.4, -0.2) is 55.7 Å². The fraction of sp³-hybridized carbons (Fsp3) is 0.350. The first kappa shape index (κ1) is 18.2. The SMILES string of the molecule is O=C(CCn1cnnn1)N1CCO[C@H](c2cccc(Cc3ccccc3)n2)C1. The molecule has 0 bridgehead atoms. The molecule has 0 spiro atoms. The molecule has 1 aliphatic rings. The number of pyridine rings is 1. The molecular formula is C20H22N6O2. The number of hydrogen-bond acceptors (Lipinski definition) is 6. The first-order valence-corrected chi connectivity index (χ1v) is 9.38. The predicted molar refractivity (Wildman–Crippen MR) is 101 cm³/mol. The van der Waals surface area contributed by atoms with E-state index in [2.05, 4.69) is 27.7 Å². The number of morpholine rings is 1. The van der Waals surface area contributed by atoms with Crippen molar-refractivity contribution < 1.29 is 9.53 Å².